The zero-order valence-corrected chi connectivity index (χ0v) is 17.0. The Kier molecular flexibility index (Phi) is 4.88. The number of carbonyl (C=O) groups excluding carboxylic acids is 2. The standard InChI is InChI=1S/C21H26N6O3/c1-13-8-18(30-25-13)20(29)24-10-17-15-9-14(16-4-2-5-19(28)27(16)17)11-26(12-15)21-22-6-3-7-23-21/h3,6-8,14-17H,2,4-5,9-12H2,1H3,(H,24,29)/t14-,15+,16+,17+/m1/s1. The number of nitrogens with one attached hydrogen (secondary N) is 1. The van der Waals surface area contributed by atoms with Gasteiger partial charge in [-0.25, -0.2) is 9.97 Å². The molecule has 0 spiro atoms. The summed E-state index contributed by atoms with van der Waals surface area (Å²) in [5, 5.41) is 6.76. The number of piperidine rings is 3. The number of hydrogen-bond acceptors (Lipinski definition) is 7. The third-order valence-corrected chi connectivity index (χ3v) is 6.66. The molecule has 3 aliphatic heterocycles. The molecule has 2 bridgehead atoms. The average molecular weight is 410 g/mol. The predicted molar refractivity (Wildman–Crippen MR) is 108 cm³/mol. The first-order valence-electron chi connectivity index (χ1n) is 10.6. The van der Waals surface area contributed by atoms with Crippen LogP contribution in [0.25, 0.3) is 0 Å². The fourth-order valence-corrected chi connectivity index (χ4v) is 5.41. The van der Waals surface area contributed by atoms with E-state index in [2.05, 4.69) is 30.2 Å². The van der Waals surface area contributed by atoms with Crippen molar-refractivity contribution in [3.63, 3.8) is 0 Å². The summed E-state index contributed by atoms with van der Waals surface area (Å²) in [6, 6.07) is 3.61. The minimum atomic E-state index is -0.294. The Balaban J connectivity index is 1.37. The first-order chi connectivity index (χ1) is 14.6. The average Bonchev–Trinajstić information content (AvgIpc) is 3.21. The Morgan fingerprint density at radius 3 is 2.83 bits per heavy atom. The van der Waals surface area contributed by atoms with Gasteiger partial charge in [0.2, 0.25) is 17.6 Å². The zero-order valence-electron chi connectivity index (χ0n) is 17.0. The van der Waals surface area contributed by atoms with Crippen molar-refractivity contribution in [2.45, 2.75) is 44.7 Å². The SMILES string of the molecule is Cc1cc(C(=O)NC[C@H]2[C@H]3C[C@H](CN(c4ncccn4)C3)[C@@H]3CCCC(=O)N32)on1. The van der Waals surface area contributed by atoms with E-state index < -0.39 is 0 Å². The van der Waals surface area contributed by atoms with Crippen molar-refractivity contribution in [3.8, 4) is 0 Å². The molecule has 1 N–H and O–H groups in total. The van der Waals surface area contributed by atoms with Crippen molar-refractivity contribution in [2.24, 2.45) is 11.8 Å². The number of carbonyl (C=O) groups is 2. The summed E-state index contributed by atoms with van der Waals surface area (Å²) in [5.41, 5.74) is 0.665. The number of aryl methyl sites for hydroxylation is 1. The molecule has 0 radical (unpaired) electrons. The molecule has 30 heavy (non-hydrogen) atoms. The van der Waals surface area contributed by atoms with Crippen LogP contribution in [0.15, 0.2) is 29.0 Å². The highest BCUT2D eigenvalue weighted by atomic mass is 16.5. The van der Waals surface area contributed by atoms with Crippen LogP contribution in [0.2, 0.25) is 0 Å². The summed E-state index contributed by atoms with van der Waals surface area (Å²) in [5.74, 6) is 1.51. The second kappa shape index (κ2) is 7.70. The lowest BCUT2D eigenvalue weighted by molar-refractivity contribution is -0.148. The van der Waals surface area contributed by atoms with Gasteiger partial charge in [0.25, 0.3) is 5.91 Å². The van der Waals surface area contributed by atoms with Crippen molar-refractivity contribution in [2.75, 3.05) is 24.5 Å². The Labute approximate surface area is 174 Å². The van der Waals surface area contributed by atoms with Gasteiger partial charge in [-0.3, -0.25) is 9.59 Å². The van der Waals surface area contributed by atoms with Gasteiger partial charge in [0.15, 0.2) is 0 Å². The third kappa shape index (κ3) is 3.42. The summed E-state index contributed by atoms with van der Waals surface area (Å²) in [4.78, 5) is 38.6. The molecule has 3 aliphatic rings. The van der Waals surface area contributed by atoms with E-state index in [-0.39, 0.29) is 35.6 Å². The minimum absolute atomic E-state index is 0.0430. The lowest BCUT2D eigenvalue weighted by Gasteiger charge is -2.56. The van der Waals surface area contributed by atoms with Crippen LogP contribution in [0, 0.1) is 18.8 Å². The second-order valence-electron chi connectivity index (χ2n) is 8.58. The maximum absolute atomic E-state index is 12.9. The molecule has 0 aromatic carbocycles. The van der Waals surface area contributed by atoms with Crippen molar-refractivity contribution < 1.29 is 14.1 Å². The van der Waals surface area contributed by atoms with Crippen LogP contribution in [0.3, 0.4) is 0 Å². The van der Waals surface area contributed by atoms with E-state index in [0.717, 1.165) is 38.3 Å². The van der Waals surface area contributed by atoms with Gasteiger partial charge in [0, 0.05) is 50.6 Å². The Bertz CT molecular complexity index is 932. The molecule has 0 unspecified atom stereocenters. The monoisotopic (exact) mass is 410 g/mol. The highest BCUT2D eigenvalue weighted by molar-refractivity contribution is 5.91. The molecule has 9 nitrogen and oxygen atoms in total. The van der Waals surface area contributed by atoms with Gasteiger partial charge in [-0.15, -0.1) is 0 Å². The number of aromatic nitrogens is 3. The molecule has 3 fully saturated rings. The summed E-state index contributed by atoms with van der Waals surface area (Å²) < 4.78 is 5.08. The molecular formula is C21H26N6O3. The van der Waals surface area contributed by atoms with Gasteiger partial charge in [0.05, 0.1) is 11.7 Å². The van der Waals surface area contributed by atoms with Crippen molar-refractivity contribution >= 4 is 17.8 Å². The molecule has 158 valence electrons. The van der Waals surface area contributed by atoms with Gasteiger partial charge in [0.1, 0.15) is 0 Å². The quantitative estimate of drug-likeness (QED) is 0.812. The van der Waals surface area contributed by atoms with E-state index >= 15 is 0 Å². The number of fused-ring (bicyclic) bond motifs is 4. The van der Waals surface area contributed by atoms with Gasteiger partial charge in [-0.2, -0.15) is 0 Å². The maximum atomic E-state index is 12.9. The van der Waals surface area contributed by atoms with Gasteiger partial charge >= 0.3 is 0 Å². The molecule has 2 aromatic heterocycles. The molecule has 2 aromatic rings. The number of amides is 2. The Morgan fingerprint density at radius 2 is 2.07 bits per heavy atom. The third-order valence-electron chi connectivity index (χ3n) is 6.66. The topological polar surface area (TPSA) is 104 Å². The molecule has 5 heterocycles. The maximum Gasteiger partial charge on any atom is 0.289 e. The van der Waals surface area contributed by atoms with Gasteiger partial charge in [-0.1, -0.05) is 5.16 Å². The van der Waals surface area contributed by atoms with Crippen molar-refractivity contribution in [1.29, 1.82) is 0 Å². The summed E-state index contributed by atoms with van der Waals surface area (Å²) >= 11 is 0. The summed E-state index contributed by atoms with van der Waals surface area (Å²) in [6.45, 7) is 3.83. The molecule has 0 aliphatic carbocycles. The van der Waals surface area contributed by atoms with E-state index in [1.165, 1.54) is 0 Å². The smallest absolute Gasteiger partial charge is 0.289 e. The zero-order chi connectivity index (χ0) is 20.7. The van der Waals surface area contributed by atoms with Crippen molar-refractivity contribution in [1.82, 2.24) is 25.3 Å². The second-order valence-corrected chi connectivity index (χ2v) is 8.58. The van der Waals surface area contributed by atoms with Crippen LogP contribution in [0.4, 0.5) is 5.95 Å². The molecule has 3 saturated heterocycles. The fourth-order valence-electron chi connectivity index (χ4n) is 5.41. The van der Waals surface area contributed by atoms with E-state index in [9.17, 15) is 9.59 Å². The number of rotatable bonds is 4. The Hall–Kier alpha value is -2.97. The van der Waals surface area contributed by atoms with Gasteiger partial charge in [-0.05, 0) is 44.1 Å². The summed E-state index contributed by atoms with van der Waals surface area (Å²) in [6.07, 6.45) is 7.12. The van der Waals surface area contributed by atoms with Crippen LogP contribution in [-0.2, 0) is 4.79 Å². The number of anilines is 1. The molecule has 2 amide bonds. The van der Waals surface area contributed by atoms with Crippen LogP contribution in [0.5, 0.6) is 0 Å². The van der Waals surface area contributed by atoms with E-state index in [0.29, 0.717) is 24.6 Å². The van der Waals surface area contributed by atoms with E-state index in [1.54, 1.807) is 25.4 Å². The number of hydrogen-bond donors (Lipinski definition) is 1. The highest BCUT2D eigenvalue weighted by Crippen LogP contribution is 2.42. The lowest BCUT2D eigenvalue weighted by atomic mass is 9.72. The fraction of sp³-hybridized carbons (Fsp3) is 0.571. The molecular weight excluding hydrogens is 384 g/mol. The van der Waals surface area contributed by atoms with Crippen molar-refractivity contribution in [3.05, 3.63) is 36.0 Å². The molecule has 5 rings (SSSR count). The largest absolute Gasteiger partial charge is 0.351 e. The molecule has 0 saturated carbocycles. The number of nitrogens with zero attached hydrogens (tertiary/aromatic N) is 5. The van der Waals surface area contributed by atoms with Crippen LogP contribution >= 0.6 is 0 Å². The van der Waals surface area contributed by atoms with Gasteiger partial charge < -0.3 is 19.6 Å². The van der Waals surface area contributed by atoms with Crippen LogP contribution in [-0.4, -0.2) is 63.6 Å². The molecule has 9 heteroatoms. The first-order valence-corrected chi connectivity index (χ1v) is 10.6. The van der Waals surface area contributed by atoms with Crippen LogP contribution in [0.1, 0.15) is 41.9 Å². The first kappa shape index (κ1) is 19.0. The molecule has 4 atom stereocenters. The van der Waals surface area contributed by atoms with E-state index in [1.807, 2.05) is 6.07 Å². The Morgan fingerprint density at radius 1 is 1.27 bits per heavy atom. The summed E-state index contributed by atoms with van der Waals surface area (Å²) in [7, 11) is 0. The normalized spacial score (nSPS) is 28.2. The minimum Gasteiger partial charge on any atom is -0.351 e. The van der Waals surface area contributed by atoms with Crippen LogP contribution < -0.4 is 10.2 Å². The van der Waals surface area contributed by atoms with E-state index in [4.69, 9.17) is 4.52 Å². The predicted octanol–water partition coefficient (Wildman–Crippen LogP) is 1.41. The lowest BCUT2D eigenvalue weighted by Crippen LogP contribution is -2.67. The highest BCUT2D eigenvalue weighted by Gasteiger charge is 2.49.